The zero-order valence-electron chi connectivity index (χ0n) is 7.78. The largest absolute Gasteiger partial charge is 0.440 e. The fourth-order valence-electron chi connectivity index (χ4n) is 1.04. The first kappa shape index (κ1) is 12.0. The lowest BCUT2D eigenvalue weighted by atomic mass is 10.3. The summed E-state index contributed by atoms with van der Waals surface area (Å²) in [7, 11) is 0. The minimum atomic E-state index is 0.357. The lowest BCUT2D eigenvalue weighted by Crippen LogP contribution is -2.13. The van der Waals surface area contributed by atoms with Gasteiger partial charge in [-0.05, 0) is 12.1 Å². The van der Waals surface area contributed by atoms with Crippen LogP contribution in [0.2, 0.25) is 10.0 Å². The molecule has 0 bridgehead atoms. The predicted molar refractivity (Wildman–Crippen MR) is 70.0 cm³/mol. The molecule has 0 spiro atoms. The summed E-state index contributed by atoms with van der Waals surface area (Å²) in [6.45, 7) is 0. The highest BCUT2D eigenvalue weighted by Crippen LogP contribution is 2.32. The summed E-state index contributed by atoms with van der Waals surface area (Å²) in [5, 5.41) is 1.23. The van der Waals surface area contributed by atoms with Crippen molar-refractivity contribution in [3.63, 3.8) is 0 Å². The summed E-state index contributed by atoms with van der Waals surface area (Å²) in [5.41, 5.74) is 0. The second kappa shape index (κ2) is 5.27. The van der Waals surface area contributed by atoms with Gasteiger partial charge < -0.3 is 4.74 Å². The molecule has 7 heteroatoms. The van der Waals surface area contributed by atoms with Crippen LogP contribution < -0.4 is 4.74 Å². The van der Waals surface area contributed by atoms with Gasteiger partial charge in [-0.3, -0.25) is 0 Å². The van der Waals surface area contributed by atoms with Gasteiger partial charge in [0.25, 0.3) is 0 Å². The van der Waals surface area contributed by atoms with Gasteiger partial charge in [0.15, 0.2) is 0 Å². The van der Waals surface area contributed by atoms with E-state index in [1.165, 1.54) is 0 Å². The smallest absolute Gasteiger partial charge is 0.210 e. The Balaban J connectivity index is 2.16. The Bertz CT molecular complexity index is 476. The fourth-order valence-corrected chi connectivity index (χ4v) is 1.97. The molecule has 0 aromatic heterocycles. The summed E-state index contributed by atoms with van der Waals surface area (Å²) in [4.78, 5) is 0. The highest BCUT2D eigenvalue weighted by Gasteiger charge is 2.14. The maximum Gasteiger partial charge on any atom is 0.210 e. The summed E-state index contributed by atoms with van der Waals surface area (Å²) in [5.74, 6) is 0.911. The second-order valence-corrected chi connectivity index (χ2v) is 4.61. The fraction of sp³-hybridized carbons (Fsp3) is 0.111. The van der Waals surface area contributed by atoms with Gasteiger partial charge >= 0.3 is 0 Å². The molecule has 0 N–H and O–H groups in total. The molecule has 16 heavy (non-hydrogen) atoms. The van der Waals surface area contributed by atoms with Crippen LogP contribution in [0.15, 0.2) is 27.0 Å². The van der Waals surface area contributed by atoms with Gasteiger partial charge in [-0.15, -0.1) is 0 Å². The number of ether oxygens (including phenoxy) is 1. The monoisotopic (exact) mass is 294 g/mol. The Morgan fingerprint density at radius 2 is 2.00 bits per heavy atom. The molecule has 1 aromatic carbocycles. The van der Waals surface area contributed by atoms with E-state index in [9.17, 15) is 0 Å². The third kappa shape index (κ3) is 2.83. The molecule has 1 aromatic rings. The van der Waals surface area contributed by atoms with Crippen molar-refractivity contribution in [1.29, 1.82) is 0 Å². The van der Waals surface area contributed by atoms with Crippen LogP contribution in [0.3, 0.4) is 0 Å². The van der Waals surface area contributed by atoms with Crippen LogP contribution in [0, 0.1) is 0 Å². The molecule has 0 atom stereocenters. The van der Waals surface area contributed by atoms with E-state index in [-0.39, 0.29) is 0 Å². The molecule has 1 heterocycles. The van der Waals surface area contributed by atoms with Crippen molar-refractivity contribution in [3.05, 3.63) is 28.2 Å². The number of hydrogen-bond acceptors (Lipinski definition) is 4. The number of halogens is 3. The van der Waals surface area contributed by atoms with Crippen molar-refractivity contribution >= 4 is 58.0 Å². The second-order valence-electron chi connectivity index (χ2n) is 2.87. The van der Waals surface area contributed by atoms with Crippen molar-refractivity contribution in [1.82, 2.24) is 0 Å². The van der Waals surface area contributed by atoms with Gasteiger partial charge in [0.1, 0.15) is 28.1 Å². The van der Waals surface area contributed by atoms with Crippen molar-refractivity contribution in [2.24, 2.45) is 8.80 Å². The maximum atomic E-state index is 5.97. The average molecular weight is 296 g/mol. The summed E-state index contributed by atoms with van der Waals surface area (Å²) in [6, 6.07) is 5.14. The van der Waals surface area contributed by atoms with Crippen LogP contribution in [0.5, 0.6) is 5.75 Å². The van der Waals surface area contributed by atoms with Crippen LogP contribution in [0.25, 0.3) is 0 Å². The van der Waals surface area contributed by atoms with Crippen LogP contribution >= 0.6 is 46.9 Å². The molecule has 0 radical (unpaired) electrons. The lowest BCUT2D eigenvalue weighted by molar-refractivity contribution is 0.544. The summed E-state index contributed by atoms with van der Waals surface area (Å²) in [6.07, 6.45) is 0.359. The van der Waals surface area contributed by atoms with E-state index >= 15 is 0 Å². The number of rotatable bonds is 1. The molecule has 0 fully saturated rings. The quantitative estimate of drug-likeness (QED) is 0.721. The molecule has 2 rings (SSSR count). The molecular formula is C9H5Cl3N2OS. The van der Waals surface area contributed by atoms with E-state index in [2.05, 4.69) is 8.80 Å². The summed E-state index contributed by atoms with van der Waals surface area (Å²) >= 11 is 18.6. The Labute approximate surface area is 112 Å². The standard InChI is InChI=1S/C9H5Cl3N2OS/c10-5-2-1-3-6(9(5)12)15-8-4-7(11)13-16-14-8/h1-3H,4H2. The van der Waals surface area contributed by atoms with Gasteiger partial charge in [0.05, 0.1) is 11.4 Å². The normalized spacial score (nSPS) is 15.4. The molecule has 0 amide bonds. The molecule has 84 valence electrons. The third-order valence-electron chi connectivity index (χ3n) is 1.72. The van der Waals surface area contributed by atoms with Crippen molar-refractivity contribution < 1.29 is 4.74 Å². The average Bonchev–Trinajstić information content (AvgIpc) is 2.25. The van der Waals surface area contributed by atoms with Crippen LogP contribution in [0.1, 0.15) is 6.42 Å². The van der Waals surface area contributed by atoms with Crippen LogP contribution in [0.4, 0.5) is 0 Å². The topological polar surface area (TPSA) is 34.0 Å². The Morgan fingerprint density at radius 3 is 2.75 bits per heavy atom. The van der Waals surface area contributed by atoms with E-state index < -0.39 is 0 Å². The van der Waals surface area contributed by atoms with Gasteiger partial charge in [0, 0.05) is 0 Å². The van der Waals surface area contributed by atoms with Crippen molar-refractivity contribution in [3.8, 4) is 5.75 Å². The molecule has 0 saturated heterocycles. The Morgan fingerprint density at radius 1 is 1.19 bits per heavy atom. The minimum absolute atomic E-state index is 0.357. The van der Waals surface area contributed by atoms with E-state index in [0.29, 0.717) is 33.3 Å². The molecular weight excluding hydrogens is 291 g/mol. The Hall–Kier alpha value is -0.420. The number of hydrogen-bond donors (Lipinski definition) is 0. The molecule has 1 aliphatic heterocycles. The van der Waals surface area contributed by atoms with Gasteiger partial charge in [-0.1, -0.05) is 40.9 Å². The van der Waals surface area contributed by atoms with Crippen LogP contribution in [-0.4, -0.2) is 11.1 Å². The van der Waals surface area contributed by atoms with E-state index in [1.54, 1.807) is 18.2 Å². The molecule has 0 aliphatic carbocycles. The zero-order valence-corrected chi connectivity index (χ0v) is 10.9. The lowest BCUT2D eigenvalue weighted by Gasteiger charge is -2.11. The van der Waals surface area contributed by atoms with E-state index in [4.69, 9.17) is 39.5 Å². The maximum absolute atomic E-state index is 5.97. The molecule has 3 nitrogen and oxygen atoms in total. The van der Waals surface area contributed by atoms with Crippen molar-refractivity contribution in [2.75, 3.05) is 0 Å². The summed E-state index contributed by atoms with van der Waals surface area (Å²) < 4.78 is 13.3. The van der Waals surface area contributed by atoms with Crippen LogP contribution in [-0.2, 0) is 0 Å². The first-order valence-electron chi connectivity index (χ1n) is 4.24. The zero-order chi connectivity index (χ0) is 11.5. The number of benzene rings is 1. The van der Waals surface area contributed by atoms with Gasteiger partial charge in [-0.25, -0.2) is 0 Å². The molecule has 1 aliphatic rings. The predicted octanol–water partition coefficient (Wildman–Crippen LogP) is 4.37. The first-order valence-corrected chi connectivity index (χ1v) is 6.10. The van der Waals surface area contributed by atoms with E-state index in [1.807, 2.05) is 0 Å². The SMILES string of the molecule is ClC1=NSN=C(Oc2cccc(Cl)c2Cl)C1. The highest BCUT2D eigenvalue weighted by atomic mass is 35.5. The Kier molecular flexibility index (Phi) is 3.97. The minimum Gasteiger partial charge on any atom is -0.440 e. The van der Waals surface area contributed by atoms with Gasteiger partial charge in [-0.2, -0.15) is 8.80 Å². The van der Waals surface area contributed by atoms with E-state index in [0.717, 1.165) is 12.1 Å². The van der Waals surface area contributed by atoms with Gasteiger partial charge in [0.2, 0.25) is 5.90 Å². The first-order chi connectivity index (χ1) is 7.66. The van der Waals surface area contributed by atoms with Crippen molar-refractivity contribution in [2.45, 2.75) is 6.42 Å². The molecule has 0 saturated carbocycles. The molecule has 0 unspecified atom stereocenters. The highest BCUT2D eigenvalue weighted by molar-refractivity contribution is 7.97. The third-order valence-corrected chi connectivity index (χ3v) is 3.43. The number of nitrogens with zero attached hydrogens (tertiary/aromatic N) is 2.